The molecular formula is C9H10ClNO. The molecule has 0 aromatic heterocycles. The molecule has 12 heavy (non-hydrogen) atoms. The van der Waals surface area contributed by atoms with Gasteiger partial charge in [0.2, 0.25) is 0 Å². The molecule has 1 rings (SSSR count). The molecule has 0 aliphatic carbocycles. The van der Waals surface area contributed by atoms with Gasteiger partial charge in [0.1, 0.15) is 0 Å². The van der Waals surface area contributed by atoms with E-state index in [1.165, 1.54) is 0 Å². The van der Waals surface area contributed by atoms with Gasteiger partial charge in [0.15, 0.2) is 0 Å². The average molecular weight is 184 g/mol. The molecule has 1 aromatic carbocycles. The lowest BCUT2D eigenvalue weighted by molar-refractivity contribution is 0.0963. The molecule has 0 aliphatic rings. The zero-order valence-corrected chi connectivity index (χ0v) is 7.77. The van der Waals surface area contributed by atoms with E-state index < -0.39 is 0 Å². The highest BCUT2D eigenvalue weighted by molar-refractivity contribution is 6.33. The number of carbonyl (C=O) groups excluding carboxylic acids is 1. The molecule has 0 spiro atoms. The lowest BCUT2D eigenvalue weighted by atomic mass is 10.1. The Bertz CT molecular complexity index is 309. The number of nitrogens with one attached hydrogen (secondary N) is 1. The summed E-state index contributed by atoms with van der Waals surface area (Å²) in [6.07, 6.45) is 0. The summed E-state index contributed by atoms with van der Waals surface area (Å²) in [5.41, 5.74) is 1.55. The topological polar surface area (TPSA) is 29.1 Å². The second-order valence-electron chi connectivity index (χ2n) is 2.56. The normalized spacial score (nSPS) is 9.58. The largest absolute Gasteiger partial charge is 0.355 e. The smallest absolute Gasteiger partial charge is 0.252 e. The molecule has 2 nitrogen and oxygen atoms in total. The first kappa shape index (κ1) is 9.07. The van der Waals surface area contributed by atoms with Crippen LogP contribution in [0.5, 0.6) is 0 Å². The quantitative estimate of drug-likeness (QED) is 0.709. The number of rotatable bonds is 1. The van der Waals surface area contributed by atoms with Gasteiger partial charge in [-0.25, -0.2) is 0 Å². The summed E-state index contributed by atoms with van der Waals surface area (Å²) in [5, 5.41) is 3.01. The van der Waals surface area contributed by atoms with E-state index in [9.17, 15) is 4.79 Å². The Balaban J connectivity index is 3.13. The Labute approximate surface area is 76.5 Å². The monoisotopic (exact) mass is 183 g/mol. The van der Waals surface area contributed by atoms with Crippen LogP contribution in [-0.2, 0) is 0 Å². The SMILES string of the molecule is CNC(=O)c1cc(C)ccc1Cl. The van der Waals surface area contributed by atoms with Crippen molar-refractivity contribution in [2.24, 2.45) is 0 Å². The summed E-state index contributed by atoms with van der Waals surface area (Å²) < 4.78 is 0. The summed E-state index contributed by atoms with van der Waals surface area (Å²) in [5.74, 6) is -0.149. The molecule has 0 saturated heterocycles. The summed E-state index contributed by atoms with van der Waals surface area (Å²) >= 11 is 5.81. The molecule has 1 amide bonds. The van der Waals surface area contributed by atoms with Crippen LogP contribution in [-0.4, -0.2) is 13.0 Å². The highest BCUT2D eigenvalue weighted by Crippen LogP contribution is 2.16. The van der Waals surface area contributed by atoms with Crippen LogP contribution in [0.1, 0.15) is 15.9 Å². The summed E-state index contributed by atoms with van der Waals surface area (Å²) in [6, 6.07) is 5.36. The van der Waals surface area contributed by atoms with Gasteiger partial charge in [-0.2, -0.15) is 0 Å². The van der Waals surface area contributed by atoms with Crippen LogP contribution in [0.15, 0.2) is 18.2 Å². The van der Waals surface area contributed by atoms with Crippen molar-refractivity contribution >= 4 is 17.5 Å². The molecule has 0 bridgehead atoms. The highest BCUT2D eigenvalue weighted by Gasteiger charge is 2.07. The van der Waals surface area contributed by atoms with Crippen molar-refractivity contribution in [2.75, 3.05) is 7.05 Å². The maximum absolute atomic E-state index is 11.2. The standard InChI is InChI=1S/C9H10ClNO/c1-6-3-4-8(10)7(5-6)9(12)11-2/h3-5H,1-2H3,(H,11,12). The predicted octanol–water partition coefficient (Wildman–Crippen LogP) is 2.01. The van der Waals surface area contributed by atoms with Gasteiger partial charge in [0.25, 0.3) is 5.91 Å². The van der Waals surface area contributed by atoms with E-state index in [0.29, 0.717) is 10.6 Å². The lowest BCUT2D eigenvalue weighted by Gasteiger charge is -2.02. The molecular weight excluding hydrogens is 174 g/mol. The molecule has 0 unspecified atom stereocenters. The molecule has 0 fully saturated rings. The number of carbonyl (C=O) groups is 1. The first-order valence-electron chi connectivity index (χ1n) is 3.63. The van der Waals surface area contributed by atoms with E-state index in [0.717, 1.165) is 5.56 Å². The van der Waals surface area contributed by atoms with Gasteiger partial charge in [-0.05, 0) is 19.1 Å². The Morgan fingerprint density at radius 1 is 1.50 bits per heavy atom. The lowest BCUT2D eigenvalue weighted by Crippen LogP contribution is -2.18. The fourth-order valence-electron chi connectivity index (χ4n) is 0.948. The third-order valence-electron chi connectivity index (χ3n) is 1.59. The minimum Gasteiger partial charge on any atom is -0.355 e. The van der Waals surface area contributed by atoms with E-state index in [2.05, 4.69) is 5.32 Å². The maximum atomic E-state index is 11.2. The number of hydrogen-bond acceptors (Lipinski definition) is 1. The first-order chi connectivity index (χ1) is 5.65. The third-order valence-corrected chi connectivity index (χ3v) is 1.92. The van der Waals surface area contributed by atoms with Crippen LogP contribution in [0.2, 0.25) is 5.02 Å². The van der Waals surface area contributed by atoms with E-state index in [1.54, 1.807) is 19.2 Å². The van der Waals surface area contributed by atoms with Crippen molar-refractivity contribution in [3.63, 3.8) is 0 Å². The second kappa shape index (κ2) is 3.59. The third kappa shape index (κ3) is 1.77. The molecule has 0 aliphatic heterocycles. The van der Waals surface area contributed by atoms with Crippen LogP contribution < -0.4 is 5.32 Å². The fraction of sp³-hybridized carbons (Fsp3) is 0.222. The zero-order chi connectivity index (χ0) is 9.14. The van der Waals surface area contributed by atoms with Gasteiger partial charge in [-0.15, -0.1) is 0 Å². The molecule has 0 saturated carbocycles. The highest BCUT2D eigenvalue weighted by atomic mass is 35.5. The zero-order valence-electron chi connectivity index (χ0n) is 7.02. The van der Waals surface area contributed by atoms with Gasteiger partial charge >= 0.3 is 0 Å². The van der Waals surface area contributed by atoms with Crippen molar-refractivity contribution in [3.05, 3.63) is 34.3 Å². The Morgan fingerprint density at radius 2 is 2.17 bits per heavy atom. The number of amides is 1. The van der Waals surface area contributed by atoms with Gasteiger partial charge in [0, 0.05) is 7.05 Å². The van der Waals surface area contributed by atoms with E-state index >= 15 is 0 Å². The van der Waals surface area contributed by atoms with Crippen LogP contribution in [0, 0.1) is 6.92 Å². The molecule has 1 N–H and O–H groups in total. The average Bonchev–Trinajstić information content (AvgIpc) is 2.08. The Morgan fingerprint density at radius 3 is 2.75 bits per heavy atom. The van der Waals surface area contributed by atoms with Crippen LogP contribution in [0.3, 0.4) is 0 Å². The van der Waals surface area contributed by atoms with Gasteiger partial charge < -0.3 is 5.32 Å². The second-order valence-corrected chi connectivity index (χ2v) is 2.97. The minimum absolute atomic E-state index is 0.149. The molecule has 1 aromatic rings. The Hall–Kier alpha value is -1.02. The number of halogens is 1. The maximum Gasteiger partial charge on any atom is 0.252 e. The van der Waals surface area contributed by atoms with Crippen LogP contribution >= 0.6 is 11.6 Å². The molecule has 3 heteroatoms. The molecule has 64 valence electrons. The van der Waals surface area contributed by atoms with Crippen molar-refractivity contribution in [3.8, 4) is 0 Å². The first-order valence-corrected chi connectivity index (χ1v) is 4.01. The summed E-state index contributed by atoms with van der Waals surface area (Å²) in [7, 11) is 1.58. The summed E-state index contributed by atoms with van der Waals surface area (Å²) in [6.45, 7) is 1.92. The predicted molar refractivity (Wildman–Crippen MR) is 49.6 cm³/mol. The fourth-order valence-corrected chi connectivity index (χ4v) is 1.15. The van der Waals surface area contributed by atoms with Gasteiger partial charge in [-0.3, -0.25) is 4.79 Å². The van der Waals surface area contributed by atoms with Crippen LogP contribution in [0.25, 0.3) is 0 Å². The van der Waals surface area contributed by atoms with Gasteiger partial charge in [-0.1, -0.05) is 23.2 Å². The van der Waals surface area contributed by atoms with E-state index in [1.807, 2.05) is 13.0 Å². The molecule has 0 atom stereocenters. The molecule has 0 radical (unpaired) electrons. The van der Waals surface area contributed by atoms with Crippen molar-refractivity contribution < 1.29 is 4.79 Å². The van der Waals surface area contributed by atoms with Crippen molar-refractivity contribution in [2.45, 2.75) is 6.92 Å². The van der Waals surface area contributed by atoms with E-state index in [-0.39, 0.29) is 5.91 Å². The van der Waals surface area contributed by atoms with Crippen LogP contribution in [0.4, 0.5) is 0 Å². The number of hydrogen-bond donors (Lipinski definition) is 1. The Kier molecular flexibility index (Phi) is 2.71. The van der Waals surface area contributed by atoms with Gasteiger partial charge in [0.05, 0.1) is 10.6 Å². The summed E-state index contributed by atoms with van der Waals surface area (Å²) in [4.78, 5) is 11.2. The minimum atomic E-state index is -0.149. The van der Waals surface area contributed by atoms with E-state index in [4.69, 9.17) is 11.6 Å². The van der Waals surface area contributed by atoms with Crippen molar-refractivity contribution in [1.82, 2.24) is 5.32 Å². The number of benzene rings is 1. The number of aryl methyl sites for hydroxylation is 1. The van der Waals surface area contributed by atoms with Crippen molar-refractivity contribution in [1.29, 1.82) is 0 Å². The molecule has 0 heterocycles.